The fourth-order valence-electron chi connectivity index (χ4n) is 3.92. The zero-order valence-corrected chi connectivity index (χ0v) is 14.7. The van der Waals surface area contributed by atoms with E-state index in [0.29, 0.717) is 0 Å². The Kier molecular flexibility index (Phi) is 3.78. The summed E-state index contributed by atoms with van der Waals surface area (Å²) in [5.74, 6) is 0. The Hall–Kier alpha value is -2.32. The Morgan fingerprint density at radius 3 is 2.62 bits per heavy atom. The van der Waals surface area contributed by atoms with Gasteiger partial charge >= 0.3 is 0 Å². The summed E-state index contributed by atoms with van der Waals surface area (Å²) in [6.07, 6.45) is 3.34. The summed E-state index contributed by atoms with van der Waals surface area (Å²) >= 11 is 0. The molecule has 2 heteroatoms. The van der Waals surface area contributed by atoms with Crippen molar-refractivity contribution in [3.05, 3.63) is 77.0 Å². The Bertz CT molecular complexity index is 916. The molecule has 0 spiro atoms. The van der Waals surface area contributed by atoms with Crippen LogP contribution in [0.1, 0.15) is 29.3 Å². The van der Waals surface area contributed by atoms with Crippen molar-refractivity contribution in [2.45, 2.75) is 26.8 Å². The maximum Gasteiger partial charge on any atom is 0.0535 e. The van der Waals surface area contributed by atoms with E-state index in [1.54, 1.807) is 0 Å². The van der Waals surface area contributed by atoms with Gasteiger partial charge in [-0.05, 0) is 44.2 Å². The zero-order valence-electron chi connectivity index (χ0n) is 14.7. The van der Waals surface area contributed by atoms with Crippen LogP contribution < -0.4 is 0 Å². The van der Waals surface area contributed by atoms with E-state index in [-0.39, 0.29) is 0 Å². The Morgan fingerprint density at radius 1 is 1.08 bits per heavy atom. The molecule has 2 heterocycles. The summed E-state index contributed by atoms with van der Waals surface area (Å²) in [6.45, 7) is 6.48. The molecule has 0 aliphatic carbocycles. The van der Waals surface area contributed by atoms with Gasteiger partial charge in [-0.3, -0.25) is 0 Å². The summed E-state index contributed by atoms with van der Waals surface area (Å²) < 4.78 is 2.49. The van der Waals surface area contributed by atoms with Gasteiger partial charge in [0.1, 0.15) is 0 Å². The van der Waals surface area contributed by atoms with Gasteiger partial charge in [-0.1, -0.05) is 48.0 Å². The van der Waals surface area contributed by atoms with E-state index in [4.69, 9.17) is 0 Å². The third-order valence-electron chi connectivity index (χ3n) is 5.08. The van der Waals surface area contributed by atoms with Gasteiger partial charge in [0.25, 0.3) is 0 Å². The van der Waals surface area contributed by atoms with Crippen molar-refractivity contribution in [3.63, 3.8) is 0 Å². The largest absolute Gasteiger partial charge is 0.313 e. The molecule has 1 aliphatic heterocycles. The van der Waals surface area contributed by atoms with E-state index in [0.717, 1.165) is 19.5 Å². The van der Waals surface area contributed by atoms with Gasteiger partial charge in [0.05, 0.1) is 5.52 Å². The second-order valence-electron chi connectivity index (χ2n) is 6.81. The number of benzene rings is 2. The highest BCUT2D eigenvalue weighted by Crippen LogP contribution is 2.35. The second kappa shape index (κ2) is 5.95. The van der Waals surface area contributed by atoms with Crippen LogP contribution >= 0.6 is 0 Å². The molecular weight excluding hydrogens is 292 g/mol. The van der Waals surface area contributed by atoms with Crippen molar-refractivity contribution < 1.29 is 0 Å². The number of hydrogen-bond acceptors (Lipinski definition) is 1. The molecule has 2 aromatic carbocycles. The number of hydrogen-bond donors (Lipinski definition) is 0. The maximum atomic E-state index is 2.49. The summed E-state index contributed by atoms with van der Waals surface area (Å²) in [6, 6.07) is 17.6. The molecule has 0 saturated carbocycles. The van der Waals surface area contributed by atoms with Gasteiger partial charge in [-0.25, -0.2) is 0 Å². The minimum absolute atomic E-state index is 1.04. The fourth-order valence-corrected chi connectivity index (χ4v) is 3.92. The van der Waals surface area contributed by atoms with Crippen LogP contribution in [-0.2, 0) is 13.0 Å². The van der Waals surface area contributed by atoms with Crippen LogP contribution in [0.4, 0.5) is 0 Å². The summed E-state index contributed by atoms with van der Waals surface area (Å²) in [7, 11) is 2.22. The summed E-state index contributed by atoms with van der Waals surface area (Å²) in [5, 5.41) is 1.41. The molecule has 1 aromatic heterocycles. The Morgan fingerprint density at radius 2 is 1.88 bits per heavy atom. The molecule has 0 bridgehead atoms. The molecule has 3 aromatic rings. The van der Waals surface area contributed by atoms with Gasteiger partial charge in [0.2, 0.25) is 0 Å². The van der Waals surface area contributed by atoms with E-state index in [1.165, 1.54) is 39.0 Å². The minimum atomic E-state index is 1.04. The first-order chi connectivity index (χ1) is 11.7. The third kappa shape index (κ3) is 2.38. The molecule has 0 N–H and O–H groups in total. The molecule has 0 saturated heterocycles. The number of fused-ring (bicyclic) bond motifs is 3. The third-order valence-corrected chi connectivity index (χ3v) is 5.08. The molecule has 1 aliphatic rings. The number of aryl methyl sites for hydroxylation is 1. The van der Waals surface area contributed by atoms with Crippen LogP contribution in [0.2, 0.25) is 0 Å². The van der Waals surface area contributed by atoms with Crippen LogP contribution in [0, 0.1) is 6.92 Å². The van der Waals surface area contributed by atoms with E-state index >= 15 is 0 Å². The van der Waals surface area contributed by atoms with Crippen molar-refractivity contribution in [2.24, 2.45) is 0 Å². The predicted molar refractivity (Wildman–Crippen MR) is 102 cm³/mol. The van der Waals surface area contributed by atoms with Crippen LogP contribution in [0.3, 0.4) is 0 Å². The minimum Gasteiger partial charge on any atom is -0.313 e. The number of allylic oxidation sites excluding steroid dienone is 1. The van der Waals surface area contributed by atoms with E-state index in [9.17, 15) is 0 Å². The number of nitrogens with zero attached hydrogens (tertiary/aromatic N) is 2. The lowest BCUT2D eigenvalue weighted by Gasteiger charge is -2.25. The number of likely N-dealkylation sites (N-methyl/N-ethyl adjacent to an activating group) is 1. The second-order valence-corrected chi connectivity index (χ2v) is 6.81. The average Bonchev–Trinajstić information content (AvgIpc) is 2.90. The highest BCUT2D eigenvalue weighted by molar-refractivity contribution is 5.91. The molecule has 0 radical (unpaired) electrons. The van der Waals surface area contributed by atoms with Gasteiger partial charge in [0, 0.05) is 36.3 Å². The van der Waals surface area contributed by atoms with E-state index in [1.807, 2.05) is 0 Å². The lowest BCUT2D eigenvalue weighted by molar-refractivity contribution is 0.311. The summed E-state index contributed by atoms with van der Waals surface area (Å²) in [4.78, 5) is 2.42. The molecule has 0 unspecified atom stereocenters. The number of rotatable bonds is 2. The monoisotopic (exact) mass is 316 g/mol. The van der Waals surface area contributed by atoms with Crippen molar-refractivity contribution >= 4 is 16.6 Å². The SMILES string of the molecule is C/C=C(/c1ccccc1)n1c2c(c3cc(C)ccc31)CN(C)CC2. The lowest BCUT2D eigenvalue weighted by Crippen LogP contribution is -2.27. The topological polar surface area (TPSA) is 8.17 Å². The highest BCUT2D eigenvalue weighted by Gasteiger charge is 2.24. The van der Waals surface area contributed by atoms with Gasteiger partial charge in [0.15, 0.2) is 0 Å². The predicted octanol–water partition coefficient (Wildman–Crippen LogP) is 4.85. The van der Waals surface area contributed by atoms with Crippen LogP contribution in [0.25, 0.3) is 16.6 Å². The Labute approximate surface area is 144 Å². The van der Waals surface area contributed by atoms with E-state index < -0.39 is 0 Å². The first-order valence-electron chi connectivity index (χ1n) is 8.72. The number of aromatic nitrogens is 1. The molecule has 0 fully saturated rings. The van der Waals surface area contributed by atoms with Crippen molar-refractivity contribution in [1.82, 2.24) is 9.47 Å². The summed E-state index contributed by atoms with van der Waals surface area (Å²) in [5.41, 5.74) is 8.20. The fraction of sp³-hybridized carbons (Fsp3) is 0.273. The smallest absolute Gasteiger partial charge is 0.0535 e. The van der Waals surface area contributed by atoms with Gasteiger partial charge < -0.3 is 9.47 Å². The van der Waals surface area contributed by atoms with Gasteiger partial charge in [-0.2, -0.15) is 0 Å². The molecule has 0 atom stereocenters. The molecule has 24 heavy (non-hydrogen) atoms. The Balaban J connectivity index is 2.02. The van der Waals surface area contributed by atoms with Crippen LogP contribution in [-0.4, -0.2) is 23.1 Å². The first-order valence-corrected chi connectivity index (χ1v) is 8.72. The molecule has 4 rings (SSSR count). The van der Waals surface area contributed by atoms with Crippen LogP contribution in [0.15, 0.2) is 54.6 Å². The molecule has 0 amide bonds. The van der Waals surface area contributed by atoms with Crippen molar-refractivity contribution in [3.8, 4) is 0 Å². The molecule has 2 nitrogen and oxygen atoms in total. The van der Waals surface area contributed by atoms with E-state index in [2.05, 4.69) is 85.0 Å². The normalized spacial score (nSPS) is 15.7. The lowest BCUT2D eigenvalue weighted by atomic mass is 10.0. The first kappa shape index (κ1) is 15.2. The molecular formula is C22H24N2. The molecule has 122 valence electrons. The highest BCUT2D eigenvalue weighted by atomic mass is 15.1. The zero-order chi connectivity index (χ0) is 16.7. The quantitative estimate of drug-likeness (QED) is 0.656. The van der Waals surface area contributed by atoms with Crippen molar-refractivity contribution in [2.75, 3.05) is 13.6 Å². The standard InChI is InChI=1S/C22H24N2/c1-4-20(17-8-6-5-7-9-17)24-21-11-10-16(2)14-18(21)19-15-23(3)13-12-22(19)24/h4-11,14H,12-13,15H2,1-3H3/b20-4-. The average molecular weight is 316 g/mol. The van der Waals surface area contributed by atoms with Crippen LogP contribution in [0.5, 0.6) is 0 Å². The maximum absolute atomic E-state index is 2.49. The van der Waals surface area contributed by atoms with Crippen molar-refractivity contribution in [1.29, 1.82) is 0 Å². The van der Waals surface area contributed by atoms with Gasteiger partial charge in [-0.15, -0.1) is 0 Å².